The fourth-order valence-corrected chi connectivity index (χ4v) is 3.21. The van der Waals surface area contributed by atoms with Gasteiger partial charge in [-0.15, -0.1) is 0 Å². The maximum absolute atomic E-state index is 13.3. The smallest absolute Gasteiger partial charge is 0.257 e. The Kier molecular flexibility index (Phi) is 6.03. The normalized spacial score (nSPS) is 11.3. The van der Waals surface area contributed by atoms with Gasteiger partial charge in [-0.25, -0.2) is 4.68 Å². The summed E-state index contributed by atoms with van der Waals surface area (Å²) in [4.78, 5) is 15.0. The molecule has 0 aliphatic heterocycles. The Balaban J connectivity index is 2.06. The number of nitrogens with two attached hydrogens (primary N) is 1. The molecule has 0 saturated carbocycles. The predicted molar refractivity (Wildman–Crippen MR) is 115 cm³/mol. The van der Waals surface area contributed by atoms with Gasteiger partial charge >= 0.3 is 0 Å². The lowest BCUT2D eigenvalue weighted by Gasteiger charge is -2.29. The van der Waals surface area contributed by atoms with E-state index in [0.717, 1.165) is 11.3 Å². The van der Waals surface area contributed by atoms with E-state index in [1.807, 2.05) is 68.4 Å². The van der Waals surface area contributed by atoms with Gasteiger partial charge in [0.1, 0.15) is 11.4 Å². The van der Waals surface area contributed by atoms with E-state index in [-0.39, 0.29) is 11.3 Å². The fraction of sp³-hybridized carbons (Fsp3) is 0.304. The molecule has 6 nitrogen and oxygen atoms in total. The highest BCUT2D eigenvalue weighted by Gasteiger charge is 2.26. The summed E-state index contributed by atoms with van der Waals surface area (Å²) in [5.74, 6) is 0.624. The highest BCUT2D eigenvalue weighted by molar-refractivity contribution is 6.00. The van der Waals surface area contributed by atoms with Crippen molar-refractivity contribution in [3.8, 4) is 22.7 Å². The zero-order chi connectivity index (χ0) is 21.0. The van der Waals surface area contributed by atoms with Crippen molar-refractivity contribution in [3.63, 3.8) is 0 Å². The molecule has 2 aromatic carbocycles. The first-order chi connectivity index (χ1) is 13.8. The molecule has 0 fully saturated rings. The van der Waals surface area contributed by atoms with Gasteiger partial charge in [-0.1, -0.05) is 44.2 Å². The molecule has 0 aliphatic carbocycles. The molecular weight excluding hydrogens is 364 g/mol. The number of methoxy groups -OCH3 is 1. The summed E-state index contributed by atoms with van der Waals surface area (Å²) in [5.41, 5.74) is 8.56. The Morgan fingerprint density at radius 1 is 1.17 bits per heavy atom. The molecule has 3 rings (SSSR count). The van der Waals surface area contributed by atoms with Crippen molar-refractivity contribution in [2.75, 3.05) is 27.2 Å². The number of carbonyl (C=O) groups excluding carboxylic acids is 1. The minimum absolute atomic E-state index is 0.0912. The molecule has 1 aromatic heterocycles. The molecule has 1 heterocycles. The molecule has 0 radical (unpaired) electrons. The van der Waals surface area contributed by atoms with Crippen LogP contribution in [-0.4, -0.2) is 47.8 Å². The third kappa shape index (κ3) is 4.66. The maximum atomic E-state index is 13.3. The van der Waals surface area contributed by atoms with Crippen molar-refractivity contribution < 1.29 is 9.53 Å². The first-order valence-electron chi connectivity index (χ1n) is 9.60. The van der Waals surface area contributed by atoms with Crippen LogP contribution in [0.3, 0.4) is 0 Å². The van der Waals surface area contributed by atoms with E-state index in [1.165, 1.54) is 0 Å². The Bertz CT molecular complexity index is 980. The number of para-hydroxylation sites is 1. The lowest BCUT2D eigenvalue weighted by atomic mass is 9.93. The van der Waals surface area contributed by atoms with Gasteiger partial charge in [-0.05, 0) is 36.2 Å². The first-order valence-corrected chi connectivity index (χ1v) is 9.60. The van der Waals surface area contributed by atoms with Crippen LogP contribution in [0.1, 0.15) is 24.2 Å². The first kappa shape index (κ1) is 20.6. The van der Waals surface area contributed by atoms with Crippen molar-refractivity contribution in [1.29, 1.82) is 0 Å². The highest BCUT2D eigenvalue weighted by Crippen LogP contribution is 2.28. The lowest BCUT2D eigenvalue weighted by molar-refractivity contribution is 0.0741. The SMILES string of the molecule is COc1cccc(-c2nn(-c3ccccc3)cc2C(=O)N(C)CC(C)(C)CN)c1. The van der Waals surface area contributed by atoms with Crippen LogP contribution < -0.4 is 10.5 Å². The van der Waals surface area contributed by atoms with Crippen molar-refractivity contribution in [3.05, 3.63) is 66.4 Å². The van der Waals surface area contributed by atoms with Gasteiger partial charge in [-0.3, -0.25) is 4.79 Å². The Morgan fingerprint density at radius 3 is 2.55 bits per heavy atom. The molecule has 0 spiro atoms. The lowest BCUT2D eigenvalue weighted by Crippen LogP contribution is -2.39. The number of amides is 1. The molecule has 0 bridgehead atoms. The number of hydrogen-bond donors (Lipinski definition) is 1. The van der Waals surface area contributed by atoms with E-state index in [0.29, 0.717) is 30.1 Å². The Morgan fingerprint density at radius 2 is 1.90 bits per heavy atom. The van der Waals surface area contributed by atoms with E-state index in [1.54, 1.807) is 29.9 Å². The van der Waals surface area contributed by atoms with Gasteiger partial charge in [0.15, 0.2) is 0 Å². The molecule has 0 aliphatic rings. The monoisotopic (exact) mass is 392 g/mol. The number of nitrogens with zero attached hydrogens (tertiary/aromatic N) is 3. The van der Waals surface area contributed by atoms with Gasteiger partial charge in [0.05, 0.1) is 18.4 Å². The minimum Gasteiger partial charge on any atom is -0.497 e. The van der Waals surface area contributed by atoms with Gasteiger partial charge in [-0.2, -0.15) is 5.10 Å². The standard InChI is InChI=1S/C23H28N4O2/c1-23(2,15-24)16-26(3)22(28)20-14-27(18-10-6-5-7-11-18)25-21(20)17-9-8-12-19(13-17)29-4/h5-14H,15-16,24H2,1-4H3. The van der Waals surface area contributed by atoms with E-state index in [4.69, 9.17) is 15.6 Å². The third-order valence-corrected chi connectivity index (χ3v) is 4.87. The summed E-state index contributed by atoms with van der Waals surface area (Å²) < 4.78 is 7.09. The van der Waals surface area contributed by atoms with Crippen LogP contribution in [0.5, 0.6) is 5.75 Å². The molecule has 0 atom stereocenters. The van der Waals surface area contributed by atoms with Crippen LogP contribution in [0.4, 0.5) is 0 Å². The number of hydrogen-bond acceptors (Lipinski definition) is 4. The second kappa shape index (κ2) is 8.49. The van der Waals surface area contributed by atoms with E-state index < -0.39 is 0 Å². The second-order valence-electron chi connectivity index (χ2n) is 7.93. The van der Waals surface area contributed by atoms with E-state index >= 15 is 0 Å². The summed E-state index contributed by atoms with van der Waals surface area (Å²) >= 11 is 0. The zero-order valence-corrected chi connectivity index (χ0v) is 17.4. The van der Waals surface area contributed by atoms with Crippen LogP contribution in [0.15, 0.2) is 60.8 Å². The molecular formula is C23H28N4O2. The number of carbonyl (C=O) groups is 1. The van der Waals surface area contributed by atoms with Crippen LogP contribution in [-0.2, 0) is 0 Å². The van der Waals surface area contributed by atoms with Gasteiger partial charge in [0.25, 0.3) is 5.91 Å². The summed E-state index contributed by atoms with van der Waals surface area (Å²) in [5, 5.41) is 4.74. The zero-order valence-electron chi connectivity index (χ0n) is 17.4. The molecule has 0 unspecified atom stereocenters. The summed E-state index contributed by atoms with van der Waals surface area (Å²) in [6.45, 7) is 5.15. The molecule has 29 heavy (non-hydrogen) atoms. The number of ether oxygens (including phenoxy) is 1. The average Bonchev–Trinajstić information content (AvgIpc) is 3.19. The second-order valence-corrected chi connectivity index (χ2v) is 7.93. The third-order valence-electron chi connectivity index (χ3n) is 4.87. The Hall–Kier alpha value is -3.12. The highest BCUT2D eigenvalue weighted by atomic mass is 16.5. The van der Waals surface area contributed by atoms with Crippen molar-refractivity contribution in [2.24, 2.45) is 11.1 Å². The molecule has 6 heteroatoms. The quantitative estimate of drug-likeness (QED) is 0.667. The van der Waals surface area contributed by atoms with Crippen molar-refractivity contribution >= 4 is 5.91 Å². The van der Waals surface area contributed by atoms with Crippen molar-refractivity contribution in [2.45, 2.75) is 13.8 Å². The molecule has 2 N–H and O–H groups in total. The largest absolute Gasteiger partial charge is 0.497 e. The number of aromatic nitrogens is 2. The average molecular weight is 393 g/mol. The van der Waals surface area contributed by atoms with Gasteiger partial charge < -0.3 is 15.4 Å². The summed E-state index contributed by atoms with van der Waals surface area (Å²) in [6.07, 6.45) is 1.79. The van der Waals surface area contributed by atoms with Crippen LogP contribution in [0.25, 0.3) is 16.9 Å². The summed E-state index contributed by atoms with van der Waals surface area (Å²) in [6, 6.07) is 17.3. The van der Waals surface area contributed by atoms with Crippen LogP contribution >= 0.6 is 0 Å². The minimum atomic E-state index is -0.171. The topological polar surface area (TPSA) is 73.4 Å². The van der Waals surface area contributed by atoms with Crippen molar-refractivity contribution in [1.82, 2.24) is 14.7 Å². The molecule has 0 saturated heterocycles. The van der Waals surface area contributed by atoms with Gasteiger partial charge in [0.2, 0.25) is 0 Å². The molecule has 3 aromatic rings. The Labute approximate surface area is 171 Å². The van der Waals surface area contributed by atoms with E-state index in [9.17, 15) is 4.79 Å². The van der Waals surface area contributed by atoms with E-state index in [2.05, 4.69) is 0 Å². The van der Waals surface area contributed by atoms with Crippen LogP contribution in [0, 0.1) is 5.41 Å². The van der Waals surface area contributed by atoms with Crippen LogP contribution in [0.2, 0.25) is 0 Å². The fourth-order valence-electron chi connectivity index (χ4n) is 3.21. The molecule has 1 amide bonds. The number of rotatable bonds is 7. The number of benzene rings is 2. The summed E-state index contributed by atoms with van der Waals surface area (Å²) in [7, 11) is 3.42. The predicted octanol–water partition coefficient (Wildman–Crippen LogP) is 3.60. The van der Waals surface area contributed by atoms with Gasteiger partial charge in [0, 0.05) is 25.4 Å². The molecule has 152 valence electrons. The maximum Gasteiger partial charge on any atom is 0.257 e.